The SMILES string of the molecule is Cc1[nH]c(CN(C)C(=O)CSCc2ccc(Cl)cc2)nc1-c1cccc([N+](=O)[O-])c1. The summed E-state index contributed by atoms with van der Waals surface area (Å²) in [6.45, 7) is 2.19. The van der Waals surface area contributed by atoms with Crippen LogP contribution in [0.3, 0.4) is 0 Å². The summed E-state index contributed by atoms with van der Waals surface area (Å²) in [6.07, 6.45) is 0. The van der Waals surface area contributed by atoms with E-state index in [1.807, 2.05) is 31.2 Å². The largest absolute Gasteiger partial charge is 0.344 e. The molecular weight excluding hydrogens is 424 g/mol. The number of halogens is 1. The molecule has 3 aromatic rings. The van der Waals surface area contributed by atoms with Gasteiger partial charge in [-0.3, -0.25) is 14.9 Å². The lowest BCUT2D eigenvalue weighted by atomic mass is 10.1. The van der Waals surface area contributed by atoms with E-state index in [4.69, 9.17) is 11.6 Å². The Labute approximate surface area is 183 Å². The second-order valence-electron chi connectivity index (χ2n) is 6.83. The number of aromatic nitrogens is 2. The van der Waals surface area contributed by atoms with Crippen molar-refractivity contribution >= 4 is 35.0 Å². The molecule has 0 saturated heterocycles. The monoisotopic (exact) mass is 444 g/mol. The molecule has 0 saturated carbocycles. The van der Waals surface area contributed by atoms with E-state index < -0.39 is 4.92 Å². The zero-order valence-corrected chi connectivity index (χ0v) is 18.2. The van der Waals surface area contributed by atoms with E-state index in [0.29, 0.717) is 34.4 Å². The summed E-state index contributed by atoms with van der Waals surface area (Å²) in [7, 11) is 1.73. The minimum atomic E-state index is -0.430. The number of carbonyl (C=O) groups excluding carboxylic acids is 1. The minimum absolute atomic E-state index is 0.0000782. The van der Waals surface area contributed by atoms with Crippen molar-refractivity contribution in [1.29, 1.82) is 0 Å². The van der Waals surface area contributed by atoms with Gasteiger partial charge in [-0.15, -0.1) is 11.8 Å². The molecule has 7 nitrogen and oxygen atoms in total. The molecule has 2 aromatic carbocycles. The second-order valence-corrected chi connectivity index (χ2v) is 8.26. The van der Waals surface area contributed by atoms with Gasteiger partial charge in [0.2, 0.25) is 5.91 Å². The summed E-state index contributed by atoms with van der Waals surface area (Å²) in [6, 6.07) is 13.9. The maximum Gasteiger partial charge on any atom is 0.270 e. The topological polar surface area (TPSA) is 92.1 Å². The van der Waals surface area contributed by atoms with Crippen molar-refractivity contribution in [2.24, 2.45) is 0 Å². The third kappa shape index (κ3) is 5.61. The van der Waals surface area contributed by atoms with Crippen LogP contribution in [0.25, 0.3) is 11.3 Å². The number of hydrogen-bond acceptors (Lipinski definition) is 5. The first-order chi connectivity index (χ1) is 14.3. The molecule has 0 aliphatic carbocycles. The van der Waals surface area contributed by atoms with Gasteiger partial charge in [0.1, 0.15) is 5.82 Å². The van der Waals surface area contributed by atoms with Gasteiger partial charge in [-0.2, -0.15) is 0 Å². The van der Waals surface area contributed by atoms with Crippen LogP contribution in [-0.2, 0) is 17.1 Å². The average Bonchev–Trinajstić information content (AvgIpc) is 3.09. The maximum atomic E-state index is 12.4. The van der Waals surface area contributed by atoms with Gasteiger partial charge in [-0.05, 0) is 24.6 Å². The Hall–Kier alpha value is -2.84. The van der Waals surface area contributed by atoms with Crippen molar-refractivity contribution in [3.05, 3.63) is 80.7 Å². The summed E-state index contributed by atoms with van der Waals surface area (Å²) in [5, 5.41) is 11.7. The highest BCUT2D eigenvalue weighted by Crippen LogP contribution is 2.25. The predicted octanol–water partition coefficient (Wildman–Crippen LogP) is 4.84. The quantitative estimate of drug-likeness (QED) is 0.396. The molecule has 1 aromatic heterocycles. The number of nitrogens with zero attached hydrogens (tertiary/aromatic N) is 3. The number of hydrogen-bond donors (Lipinski definition) is 1. The number of nitro benzene ring substituents is 1. The summed E-state index contributed by atoms with van der Waals surface area (Å²) >= 11 is 7.42. The second kappa shape index (κ2) is 9.77. The van der Waals surface area contributed by atoms with E-state index in [2.05, 4.69) is 9.97 Å². The van der Waals surface area contributed by atoms with Gasteiger partial charge < -0.3 is 9.88 Å². The van der Waals surface area contributed by atoms with Gasteiger partial charge in [0.15, 0.2) is 0 Å². The number of nitro groups is 1. The lowest BCUT2D eigenvalue weighted by Crippen LogP contribution is -2.28. The number of aromatic amines is 1. The number of non-ortho nitro benzene ring substituents is 1. The molecule has 1 heterocycles. The zero-order valence-electron chi connectivity index (χ0n) is 16.6. The van der Waals surface area contributed by atoms with Crippen LogP contribution in [0.5, 0.6) is 0 Å². The van der Waals surface area contributed by atoms with Crippen LogP contribution in [0.15, 0.2) is 48.5 Å². The highest BCUT2D eigenvalue weighted by atomic mass is 35.5. The summed E-state index contributed by atoms with van der Waals surface area (Å²) in [5.41, 5.74) is 3.23. The van der Waals surface area contributed by atoms with Crippen LogP contribution < -0.4 is 0 Å². The first kappa shape index (κ1) is 21.9. The first-order valence-corrected chi connectivity index (χ1v) is 10.7. The van der Waals surface area contributed by atoms with Crippen LogP contribution >= 0.6 is 23.4 Å². The van der Waals surface area contributed by atoms with E-state index in [1.54, 1.807) is 24.1 Å². The number of H-pyrrole nitrogens is 1. The van der Waals surface area contributed by atoms with Gasteiger partial charge in [0.05, 0.1) is 22.9 Å². The maximum absolute atomic E-state index is 12.4. The summed E-state index contributed by atoms with van der Waals surface area (Å²) < 4.78 is 0. The number of thioether (sulfide) groups is 1. The molecule has 156 valence electrons. The molecule has 30 heavy (non-hydrogen) atoms. The van der Waals surface area contributed by atoms with Gasteiger partial charge >= 0.3 is 0 Å². The molecule has 0 aliphatic rings. The molecule has 3 rings (SSSR count). The Kier molecular flexibility index (Phi) is 7.12. The Balaban J connectivity index is 1.58. The van der Waals surface area contributed by atoms with E-state index in [9.17, 15) is 14.9 Å². The molecular formula is C21H21ClN4O3S. The molecule has 0 atom stereocenters. The molecule has 0 bridgehead atoms. The summed E-state index contributed by atoms with van der Waals surface area (Å²) in [4.78, 5) is 32.4. The number of benzene rings is 2. The van der Waals surface area contributed by atoms with E-state index in [0.717, 1.165) is 17.0 Å². The van der Waals surface area contributed by atoms with Crippen molar-refractivity contribution < 1.29 is 9.72 Å². The van der Waals surface area contributed by atoms with Crippen molar-refractivity contribution in [3.63, 3.8) is 0 Å². The number of rotatable bonds is 8. The lowest BCUT2D eigenvalue weighted by molar-refractivity contribution is -0.384. The van der Waals surface area contributed by atoms with Gasteiger partial charge in [0.25, 0.3) is 5.69 Å². The standard InChI is InChI=1S/C21H21ClN4O3S/c1-14-21(16-4-3-5-18(10-16)26(28)29)24-19(23-14)11-25(2)20(27)13-30-12-15-6-8-17(22)9-7-15/h3-10H,11-13H2,1-2H3,(H,23,24). The molecule has 0 aliphatic heterocycles. The lowest BCUT2D eigenvalue weighted by Gasteiger charge is -2.15. The van der Waals surface area contributed by atoms with Gasteiger partial charge in [-0.25, -0.2) is 4.98 Å². The first-order valence-electron chi connectivity index (χ1n) is 9.20. The zero-order chi connectivity index (χ0) is 21.7. The minimum Gasteiger partial charge on any atom is -0.344 e. The smallest absolute Gasteiger partial charge is 0.270 e. The van der Waals surface area contributed by atoms with Crippen LogP contribution in [0, 0.1) is 17.0 Å². The van der Waals surface area contributed by atoms with Crippen molar-refractivity contribution in [2.75, 3.05) is 12.8 Å². The van der Waals surface area contributed by atoms with Crippen molar-refractivity contribution in [2.45, 2.75) is 19.2 Å². The fourth-order valence-corrected chi connectivity index (χ4v) is 3.96. The third-order valence-corrected chi connectivity index (χ3v) is 5.72. The van der Waals surface area contributed by atoms with E-state index >= 15 is 0 Å². The molecule has 0 fully saturated rings. The van der Waals surface area contributed by atoms with Crippen molar-refractivity contribution in [1.82, 2.24) is 14.9 Å². The highest BCUT2D eigenvalue weighted by molar-refractivity contribution is 7.99. The molecule has 1 N–H and O–H groups in total. The predicted molar refractivity (Wildman–Crippen MR) is 120 cm³/mol. The van der Waals surface area contributed by atoms with Gasteiger partial charge in [0, 0.05) is 41.2 Å². The molecule has 9 heteroatoms. The van der Waals surface area contributed by atoms with E-state index in [1.165, 1.54) is 23.9 Å². The molecule has 0 radical (unpaired) electrons. The summed E-state index contributed by atoms with van der Waals surface area (Å²) in [5.74, 6) is 1.72. The molecule has 0 unspecified atom stereocenters. The third-order valence-electron chi connectivity index (χ3n) is 4.48. The number of carbonyl (C=O) groups is 1. The van der Waals surface area contributed by atoms with Crippen molar-refractivity contribution in [3.8, 4) is 11.3 Å². The fraction of sp³-hybridized carbons (Fsp3) is 0.238. The number of imidazole rings is 1. The van der Waals surface area contributed by atoms with Crippen LogP contribution in [0.4, 0.5) is 5.69 Å². The Morgan fingerprint density at radius 2 is 2.00 bits per heavy atom. The van der Waals surface area contributed by atoms with Crippen LogP contribution in [0.2, 0.25) is 5.02 Å². The average molecular weight is 445 g/mol. The molecule has 0 spiro atoms. The van der Waals surface area contributed by atoms with Crippen LogP contribution in [-0.4, -0.2) is 38.5 Å². The fourth-order valence-electron chi connectivity index (χ4n) is 2.90. The normalized spacial score (nSPS) is 10.8. The highest BCUT2D eigenvalue weighted by Gasteiger charge is 2.16. The van der Waals surface area contributed by atoms with E-state index in [-0.39, 0.29) is 11.6 Å². The molecule has 1 amide bonds. The Morgan fingerprint density at radius 3 is 2.70 bits per heavy atom. The van der Waals surface area contributed by atoms with Gasteiger partial charge in [-0.1, -0.05) is 35.9 Å². The Bertz CT molecular complexity index is 1050. The number of amides is 1. The Morgan fingerprint density at radius 1 is 1.27 bits per heavy atom. The van der Waals surface area contributed by atoms with Crippen LogP contribution in [0.1, 0.15) is 17.1 Å². The number of nitrogens with one attached hydrogen (secondary N) is 1. The number of aryl methyl sites for hydroxylation is 1.